The lowest BCUT2D eigenvalue weighted by Gasteiger charge is -2.15. The molecule has 0 aliphatic heterocycles. The van der Waals surface area contributed by atoms with Gasteiger partial charge in [-0.3, -0.25) is 0 Å². The number of halogens is 1. The minimum atomic E-state index is -0.276. The van der Waals surface area contributed by atoms with Gasteiger partial charge in [-0.25, -0.2) is 4.79 Å². The average molecular weight is 462 g/mol. The van der Waals surface area contributed by atoms with Crippen molar-refractivity contribution in [1.29, 1.82) is 0 Å². The summed E-state index contributed by atoms with van der Waals surface area (Å²) in [5.74, 6) is 1.54. The minimum Gasteiger partial charge on any atom is -0.488 e. The van der Waals surface area contributed by atoms with Gasteiger partial charge in [0.05, 0.1) is 5.69 Å². The van der Waals surface area contributed by atoms with Crippen LogP contribution in [0.25, 0.3) is 5.69 Å². The van der Waals surface area contributed by atoms with E-state index in [-0.39, 0.29) is 5.69 Å². The van der Waals surface area contributed by atoms with Crippen LogP contribution in [0.15, 0.2) is 41.2 Å². The van der Waals surface area contributed by atoms with Gasteiger partial charge in [0.1, 0.15) is 12.4 Å². The van der Waals surface area contributed by atoms with Gasteiger partial charge in [-0.2, -0.15) is 9.36 Å². The smallest absolute Gasteiger partial charge is 0.368 e. The van der Waals surface area contributed by atoms with Crippen LogP contribution in [0.5, 0.6) is 5.75 Å². The van der Waals surface area contributed by atoms with Crippen LogP contribution in [0.2, 0.25) is 0 Å². The van der Waals surface area contributed by atoms with Crippen molar-refractivity contribution in [3.63, 3.8) is 0 Å². The van der Waals surface area contributed by atoms with E-state index in [2.05, 4.69) is 52.1 Å². The molecular formula is C19H19IN4O2. The lowest BCUT2D eigenvalue weighted by atomic mass is 10.1. The van der Waals surface area contributed by atoms with E-state index in [1.54, 1.807) is 7.05 Å². The van der Waals surface area contributed by atoms with E-state index in [4.69, 9.17) is 4.74 Å². The second-order valence-electron chi connectivity index (χ2n) is 6.64. The number of hydrogen-bond donors (Lipinski definition) is 0. The minimum absolute atomic E-state index is 0.276. The first-order valence-corrected chi connectivity index (χ1v) is 9.62. The molecule has 4 rings (SSSR count). The molecule has 0 bridgehead atoms. The van der Waals surface area contributed by atoms with E-state index in [1.165, 1.54) is 33.3 Å². The van der Waals surface area contributed by atoms with Gasteiger partial charge in [-0.1, -0.05) is 23.8 Å². The van der Waals surface area contributed by atoms with Crippen molar-refractivity contribution >= 4 is 22.6 Å². The summed E-state index contributed by atoms with van der Waals surface area (Å²) in [4.78, 5) is 12.3. The zero-order valence-corrected chi connectivity index (χ0v) is 16.8. The summed E-state index contributed by atoms with van der Waals surface area (Å²) in [5.41, 5.74) is 3.89. The van der Waals surface area contributed by atoms with Crippen LogP contribution >= 0.6 is 22.6 Å². The Morgan fingerprint density at radius 3 is 2.73 bits per heavy atom. The third-order valence-electron chi connectivity index (χ3n) is 4.60. The maximum Gasteiger partial charge on any atom is 0.368 e. The zero-order valence-electron chi connectivity index (χ0n) is 14.6. The molecule has 1 saturated carbocycles. The third-order valence-corrected chi connectivity index (χ3v) is 5.61. The molecule has 1 aliphatic rings. The molecule has 1 aromatic heterocycles. The summed E-state index contributed by atoms with van der Waals surface area (Å²) in [5, 5.41) is 7.78. The molecule has 0 spiro atoms. The Balaban J connectivity index is 1.68. The summed E-state index contributed by atoms with van der Waals surface area (Å²) >= 11 is 2.26. The number of aryl methyl sites for hydroxylation is 2. The Bertz CT molecular complexity index is 1020. The quantitative estimate of drug-likeness (QED) is 0.546. The molecule has 3 aromatic rings. The monoisotopic (exact) mass is 462 g/mol. The molecule has 0 unspecified atom stereocenters. The van der Waals surface area contributed by atoms with E-state index < -0.39 is 0 Å². The molecular weight excluding hydrogens is 443 g/mol. The van der Waals surface area contributed by atoms with Crippen LogP contribution in [0.3, 0.4) is 0 Å². The number of rotatable bonds is 5. The third kappa shape index (κ3) is 3.27. The Kier molecular flexibility index (Phi) is 4.56. The van der Waals surface area contributed by atoms with E-state index >= 15 is 0 Å². The summed E-state index contributed by atoms with van der Waals surface area (Å²) in [6, 6.07) is 12.1. The molecule has 0 radical (unpaired) electrons. The first-order chi connectivity index (χ1) is 12.5. The SMILES string of the molecule is Cc1ccc(OCc2c(I)cccc2-n2nnn(C)c2=O)c(C2CC2)c1. The summed E-state index contributed by atoms with van der Waals surface area (Å²) < 4.78 is 9.75. The van der Waals surface area contributed by atoms with E-state index in [1.807, 2.05) is 24.3 Å². The Morgan fingerprint density at radius 2 is 2.04 bits per heavy atom. The van der Waals surface area contributed by atoms with Crippen molar-refractivity contribution < 1.29 is 4.74 Å². The predicted octanol–water partition coefficient (Wildman–Crippen LogP) is 3.34. The molecule has 0 amide bonds. The summed E-state index contributed by atoms with van der Waals surface area (Å²) in [7, 11) is 1.59. The standard InChI is InChI=1S/C19H19IN4O2/c1-12-6-9-18(14(10-12)13-7-8-13)26-11-15-16(20)4-3-5-17(15)24-19(25)23(2)21-22-24/h3-6,9-10,13H,7-8,11H2,1-2H3. The van der Waals surface area contributed by atoms with Crippen molar-refractivity contribution in [2.45, 2.75) is 32.3 Å². The topological polar surface area (TPSA) is 61.9 Å². The van der Waals surface area contributed by atoms with Crippen LogP contribution in [0.1, 0.15) is 35.4 Å². The molecule has 2 aromatic carbocycles. The molecule has 1 aliphatic carbocycles. The number of tetrazole rings is 1. The second-order valence-corrected chi connectivity index (χ2v) is 7.80. The normalized spacial score (nSPS) is 13.8. The molecule has 7 heteroatoms. The lowest BCUT2D eigenvalue weighted by molar-refractivity contribution is 0.301. The molecule has 0 atom stereocenters. The second kappa shape index (κ2) is 6.86. The van der Waals surface area contributed by atoms with Crippen LogP contribution in [0.4, 0.5) is 0 Å². The van der Waals surface area contributed by atoms with Crippen molar-refractivity contribution in [3.8, 4) is 11.4 Å². The number of aromatic nitrogens is 4. The highest BCUT2D eigenvalue weighted by Crippen LogP contribution is 2.44. The van der Waals surface area contributed by atoms with Crippen LogP contribution < -0.4 is 10.4 Å². The van der Waals surface area contributed by atoms with Gasteiger partial charge in [0.25, 0.3) is 0 Å². The molecule has 6 nitrogen and oxygen atoms in total. The highest BCUT2D eigenvalue weighted by molar-refractivity contribution is 14.1. The lowest BCUT2D eigenvalue weighted by Crippen LogP contribution is -2.23. The highest BCUT2D eigenvalue weighted by atomic mass is 127. The molecule has 1 heterocycles. The number of ether oxygens (including phenoxy) is 1. The van der Waals surface area contributed by atoms with Gasteiger partial charge in [-0.15, -0.1) is 0 Å². The van der Waals surface area contributed by atoms with Gasteiger partial charge < -0.3 is 4.74 Å². The Labute approximate surface area is 164 Å². The first kappa shape index (κ1) is 17.3. The van der Waals surface area contributed by atoms with E-state index in [0.29, 0.717) is 18.2 Å². The molecule has 26 heavy (non-hydrogen) atoms. The van der Waals surface area contributed by atoms with Gasteiger partial charge >= 0.3 is 5.69 Å². The van der Waals surface area contributed by atoms with Gasteiger partial charge in [0.15, 0.2) is 0 Å². The fourth-order valence-corrected chi connectivity index (χ4v) is 3.66. The maximum atomic E-state index is 12.3. The predicted molar refractivity (Wildman–Crippen MR) is 107 cm³/mol. The number of hydrogen-bond acceptors (Lipinski definition) is 4. The van der Waals surface area contributed by atoms with Crippen molar-refractivity contribution in [2.24, 2.45) is 7.05 Å². The molecule has 1 fully saturated rings. The van der Waals surface area contributed by atoms with Gasteiger partial charge in [0, 0.05) is 16.2 Å². The largest absolute Gasteiger partial charge is 0.488 e. The number of nitrogens with zero attached hydrogens (tertiary/aromatic N) is 4. The summed E-state index contributed by atoms with van der Waals surface area (Å²) in [6.45, 7) is 2.48. The van der Waals surface area contributed by atoms with Gasteiger partial charge in [0.2, 0.25) is 0 Å². The zero-order chi connectivity index (χ0) is 18.3. The van der Waals surface area contributed by atoms with Crippen molar-refractivity contribution in [2.75, 3.05) is 0 Å². The number of benzene rings is 2. The Morgan fingerprint density at radius 1 is 1.23 bits per heavy atom. The van der Waals surface area contributed by atoms with Crippen molar-refractivity contribution in [3.05, 3.63) is 67.1 Å². The fourth-order valence-electron chi connectivity index (χ4n) is 3.02. The first-order valence-electron chi connectivity index (χ1n) is 8.54. The Hall–Kier alpha value is -2.16. The highest BCUT2D eigenvalue weighted by Gasteiger charge is 2.27. The van der Waals surface area contributed by atoms with E-state index in [0.717, 1.165) is 14.9 Å². The van der Waals surface area contributed by atoms with Crippen LogP contribution in [0, 0.1) is 10.5 Å². The maximum absolute atomic E-state index is 12.3. The molecule has 0 saturated heterocycles. The van der Waals surface area contributed by atoms with E-state index in [9.17, 15) is 4.79 Å². The average Bonchev–Trinajstić information content (AvgIpc) is 3.41. The fraction of sp³-hybridized carbons (Fsp3) is 0.316. The van der Waals surface area contributed by atoms with Crippen LogP contribution in [-0.2, 0) is 13.7 Å². The van der Waals surface area contributed by atoms with Crippen molar-refractivity contribution in [1.82, 2.24) is 19.8 Å². The van der Waals surface area contributed by atoms with Crippen LogP contribution in [-0.4, -0.2) is 19.8 Å². The van der Waals surface area contributed by atoms with Gasteiger partial charge in [-0.05, 0) is 82.5 Å². The molecule has 134 valence electrons. The molecule has 0 N–H and O–H groups in total. The summed E-state index contributed by atoms with van der Waals surface area (Å²) in [6.07, 6.45) is 2.45.